The normalized spacial score (nSPS) is 19.1. The molecule has 1 unspecified atom stereocenters. The lowest BCUT2D eigenvalue weighted by molar-refractivity contribution is -0.0372. The van der Waals surface area contributed by atoms with Gasteiger partial charge in [0.05, 0.1) is 26.4 Å². The topological polar surface area (TPSA) is 30.9 Å². The highest BCUT2D eigenvalue weighted by Crippen LogP contribution is 2.27. The van der Waals surface area contributed by atoms with E-state index in [-0.39, 0.29) is 6.10 Å². The predicted octanol–water partition coefficient (Wildman–Crippen LogP) is 3.26. The molecule has 3 rings (SSSR count). The van der Waals surface area contributed by atoms with Gasteiger partial charge in [-0.15, -0.1) is 0 Å². The minimum absolute atomic E-state index is 0.136. The molecule has 0 aliphatic carbocycles. The molecule has 1 fully saturated rings. The predicted molar refractivity (Wildman–Crippen MR) is 92.1 cm³/mol. The van der Waals surface area contributed by atoms with Gasteiger partial charge in [0.1, 0.15) is 5.75 Å². The summed E-state index contributed by atoms with van der Waals surface area (Å²) >= 11 is 0. The van der Waals surface area contributed by atoms with E-state index in [1.807, 2.05) is 13.0 Å². The zero-order valence-electron chi connectivity index (χ0n) is 14.0. The molecule has 2 aromatic carbocycles. The second kappa shape index (κ2) is 7.77. The molecule has 124 valence electrons. The highest BCUT2D eigenvalue weighted by atomic mass is 16.5. The number of hydrogen-bond donors (Lipinski definition) is 0. The van der Waals surface area contributed by atoms with Gasteiger partial charge in [0.15, 0.2) is 0 Å². The minimum atomic E-state index is 0.136. The Labute approximate surface area is 137 Å². The molecule has 0 bridgehead atoms. The first-order valence-electron chi connectivity index (χ1n) is 8.29. The Hall–Kier alpha value is -1.62. The third kappa shape index (κ3) is 4.02. The number of fused-ring (bicyclic) bond motifs is 1. The lowest BCUT2D eigenvalue weighted by Crippen LogP contribution is -2.40. The molecule has 0 amide bonds. The van der Waals surface area contributed by atoms with Crippen LogP contribution in [0.2, 0.25) is 0 Å². The average Bonchev–Trinajstić information content (AvgIpc) is 2.61. The number of benzene rings is 2. The standard InChI is InChI=1S/C19H25NO3/c1-3-22-10-8-20-9-11-23-19(14-20)17-5-4-16-13-18(21-2)7-6-15(16)12-17/h4-7,12-13,19H,3,8-11,14H2,1-2H3. The van der Waals surface area contributed by atoms with Gasteiger partial charge in [-0.25, -0.2) is 0 Å². The van der Waals surface area contributed by atoms with Crippen LogP contribution in [0.1, 0.15) is 18.6 Å². The van der Waals surface area contributed by atoms with Gasteiger partial charge in [-0.1, -0.05) is 18.2 Å². The summed E-state index contributed by atoms with van der Waals surface area (Å²) < 4.78 is 16.7. The van der Waals surface area contributed by atoms with Crippen molar-refractivity contribution in [1.29, 1.82) is 0 Å². The van der Waals surface area contributed by atoms with Crippen molar-refractivity contribution < 1.29 is 14.2 Å². The smallest absolute Gasteiger partial charge is 0.119 e. The summed E-state index contributed by atoms with van der Waals surface area (Å²) in [5, 5.41) is 2.41. The molecule has 2 aromatic rings. The van der Waals surface area contributed by atoms with Crippen LogP contribution in [0, 0.1) is 0 Å². The number of hydrogen-bond acceptors (Lipinski definition) is 4. The van der Waals surface area contributed by atoms with Gasteiger partial charge in [0, 0.05) is 26.2 Å². The molecule has 1 saturated heterocycles. The SMILES string of the molecule is CCOCCN1CCOC(c2ccc3cc(OC)ccc3c2)C1. The summed E-state index contributed by atoms with van der Waals surface area (Å²) in [5.74, 6) is 0.890. The van der Waals surface area contributed by atoms with E-state index in [4.69, 9.17) is 14.2 Å². The minimum Gasteiger partial charge on any atom is -0.497 e. The number of morpholine rings is 1. The summed E-state index contributed by atoms with van der Waals surface area (Å²) in [6.07, 6.45) is 0.136. The van der Waals surface area contributed by atoms with Gasteiger partial charge in [-0.3, -0.25) is 4.90 Å². The van der Waals surface area contributed by atoms with Crippen LogP contribution in [0.5, 0.6) is 5.75 Å². The van der Waals surface area contributed by atoms with Crippen molar-refractivity contribution in [3.63, 3.8) is 0 Å². The fourth-order valence-corrected chi connectivity index (χ4v) is 3.01. The lowest BCUT2D eigenvalue weighted by atomic mass is 10.0. The van der Waals surface area contributed by atoms with Gasteiger partial charge in [-0.05, 0) is 41.5 Å². The molecular weight excluding hydrogens is 290 g/mol. The van der Waals surface area contributed by atoms with E-state index < -0.39 is 0 Å². The number of rotatable bonds is 6. The Morgan fingerprint density at radius 3 is 2.83 bits per heavy atom. The fraction of sp³-hybridized carbons (Fsp3) is 0.474. The quantitative estimate of drug-likeness (QED) is 0.766. The van der Waals surface area contributed by atoms with Gasteiger partial charge >= 0.3 is 0 Å². The zero-order valence-corrected chi connectivity index (χ0v) is 14.0. The molecule has 0 saturated carbocycles. The van der Waals surface area contributed by atoms with Crippen LogP contribution in [0.25, 0.3) is 10.8 Å². The van der Waals surface area contributed by atoms with E-state index in [0.717, 1.165) is 45.2 Å². The van der Waals surface area contributed by atoms with Crippen molar-refractivity contribution >= 4 is 10.8 Å². The molecule has 0 aromatic heterocycles. The van der Waals surface area contributed by atoms with Crippen molar-refractivity contribution in [2.24, 2.45) is 0 Å². The van der Waals surface area contributed by atoms with E-state index in [9.17, 15) is 0 Å². The summed E-state index contributed by atoms with van der Waals surface area (Å²) in [5.41, 5.74) is 1.24. The van der Waals surface area contributed by atoms with Gasteiger partial charge in [0.2, 0.25) is 0 Å². The molecule has 1 aliphatic heterocycles. The Bertz CT molecular complexity index is 644. The second-order valence-corrected chi connectivity index (χ2v) is 5.83. The van der Waals surface area contributed by atoms with Crippen LogP contribution < -0.4 is 4.74 Å². The fourth-order valence-electron chi connectivity index (χ4n) is 3.01. The van der Waals surface area contributed by atoms with Crippen LogP contribution in [0.15, 0.2) is 36.4 Å². The van der Waals surface area contributed by atoms with Crippen molar-refractivity contribution in [3.8, 4) is 5.75 Å². The third-order valence-electron chi connectivity index (χ3n) is 4.35. The van der Waals surface area contributed by atoms with Gasteiger partial charge < -0.3 is 14.2 Å². The van der Waals surface area contributed by atoms with Crippen LogP contribution >= 0.6 is 0 Å². The second-order valence-electron chi connectivity index (χ2n) is 5.83. The first-order valence-corrected chi connectivity index (χ1v) is 8.29. The Morgan fingerprint density at radius 2 is 2.00 bits per heavy atom. The first kappa shape index (κ1) is 16.2. The molecular formula is C19H25NO3. The number of nitrogens with zero attached hydrogens (tertiary/aromatic N) is 1. The van der Waals surface area contributed by atoms with E-state index in [0.29, 0.717) is 0 Å². The van der Waals surface area contributed by atoms with Crippen LogP contribution in [0.3, 0.4) is 0 Å². The molecule has 0 spiro atoms. The van der Waals surface area contributed by atoms with Crippen molar-refractivity contribution in [3.05, 3.63) is 42.0 Å². The zero-order chi connectivity index (χ0) is 16.1. The summed E-state index contributed by atoms with van der Waals surface area (Å²) in [7, 11) is 1.70. The molecule has 1 atom stereocenters. The number of methoxy groups -OCH3 is 1. The van der Waals surface area contributed by atoms with E-state index in [1.54, 1.807) is 7.11 Å². The van der Waals surface area contributed by atoms with E-state index in [1.165, 1.54) is 16.3 Å². The van der Waals surface area contributed by atoms with Crippen molar-refractivity contribution in [1.82, 2.24) is 4.90 Å². The van der Waals surface area contributed by atoms with Crippen LogP contribution in [-0.2, 0) is 9.47 Å². The molecule has 4 nitrogen and oxygen atoms in total. The van der Waals surface area contributed by atoms with E-state index >= 15 is 0 Å². The van der Waals surface area contributed by atoms with Gasteiger partial charge in [-0.2, -0.15) is 0 Å². The summed E-state index contributed by atoms with van der Waals surface area (Å²) in [4.78, 5) is 2.42. The molecule has 1 aliphatic rings. The third-order valence-corrected chi connectivity index (χ3v) is 4.35. The maximum atomic E-state index is 5.99. The average molecular weight is 315 g/mol. The Kier molecular flexibility index (Phi) is 5.49. The van der Waals surface area contributed by atoms with Crippen molar-refractivity contribution in [2.45, 2.75) is 13.0 Å². The Morgan fingerprint density at radius 1 is 1.17 bits per heavy atom. The Balaban J connectivity index is 1.71. The largest absolute Gasteiger partial charge is 0.497 e. The maximum absolute atomic E-state index is 5.99. The molecule has 1 heterocycles. The van der Waals surface area contributed by atoms with Crippen LogP contribution in [0.4, 0.5) is 0 Å². The highest BCUT2D eigenvalue weighted by Gasteiger charge is 2.21. The number of ether oxygens (including phenoxy) is 3. The molecule has 4 heteroatoms. The molecule has 0 N–H and O–H groups in total. The molecule has 0 radical (unpaired) electrons. The maximum Gasteiger partial charge on any atom is 0.119 e. The lowest BCUT2D eigenvalue weighted by Gasteiger charge is -2.33. The van der Waals surface area contributed by atoms with Gasteiger partial charge in [0.25, 0.3) is 0 Å². The monoisotopic (exact) mass is 315 g/mol. The van der Waals surface area contributed by atoms with E-state index in [2.05, 4.69) is 35.2 Å². The summed E-state index contributed by atoms with van der Waals surface area (Å²) in [6, 6.07) is 12.7. The van der Waals surface area contributed by atoms with Crippen LogP contribution in [-0.4, -0.2) is 51.5 Å². The highest BCUT2D eigenvalue weighted by molar-refractivity contribution is 5.84. The first-order chi connectivity index (χ1) is 11.3. The van der Waals surface area contributed by atoms with Crippen molar-refractivity contribution in [2.75, 3.05) is 46.6 Å². The molecule has 23 heavy (non-hydrogen) atoms. The summed E-state index contributed by atoms with van der Waals surface area (Å²) in [6.45, 7) is 7.26.